The second kappa shape index (κ2) is 10.1. The minimum atomic E-state index is -3.94. The maximum absolute atomic E-state index is 13.2. The molecule has 2 aromatic rings. The zero-order chi connectivity index (χ0) is 24.3. The van der Waals surface area contributed by atoms with Crippen molar-refractivity contribution in [2.24, 2.45) is 5.92 Å². The quantitative estimate of drug-likeness (QED) is 0.610. The van der Waals surface area contributed by atoms with Gasteiger partial charge in [0.05, 0.1) is 4.90 Å². The smallest absolute Gasteiger partial charge is 0.242 e. The summed E-state index contributed by atoms with van der Waals surface area (Å²) in [4.78, 5) is 27.0. The molecule has 0 unspecified atom stereocenters. The summed E-state index contributed by atoms with van der Waals surface area (Å²) in [5.74, 6) is -0.264. The van der Waals surface area contributed by atoms with Gasteiger partial charge in [0, 0.05) is 24.3 Å². The molecule has 1 atom stereocenters. The summed E-state index contributed by atoms with van der Waals surface area (Å²) in [6.07, 6.45) is 1.36. The van der Waals surface area contributed by atoms with Crippen molar-refractivity contribution in [1.29, 1.82) is 0 Å². The molecule has 1 heterocycles. The van der Waals surface area contributed by atoms with Gasteiger partial charge in [-0.25, -0.2) is 8.42 Å². The van der Waals surface area contributed by atoms with Crippen LogP contribution in [0.25, 0.3) is 0 Å². The van der Waals surface area contributed by atoms with Crippen molar-refractivity contribution in [2.45, 2.75) is 64.8 Å². The van der Waals surface area contributed by atoms with Gasteiger partial charge in [0.25, 0.3) is 0 Å². The van der Waals surface area contributed by atoms with Gasteiger partial charge in [-0.3, -0.25) is 9.59 Å². The average Bonchev–Trinajstić information content (AvgIpc) is 3.18. The summed E-state index contributed by atoms with van der Waals surface area (Å²) >= 11 is 0. The van der Waals surface area contributed by atoms with Crippen molar-refractivity contribution < 1.29 is 18.0 Å². The maximum Gasteiger partial charge on any atom is 0.242 e. The summed E-state index contributed by atoms with van der Waals surface area (Å²) < 4.78 is 29.0. The van der Waals surface area contributed by atoms with Crippen LogP contribution >= 0.6 is 0 Å². The number of sulfonamides is 1. The Hall–Kier alpha value is -2.71. The Bertz CT molecular complexity index is 1160. The molecular weight excluding hydrogens is 438 g/mol. The van der Waals surface area contributed by atoms with Crippen molar-refractivity contribution in [3.05, 3.63) is 53.1 Å². The number of nitrogens with zero attached hydrogens (tertiary/aromatic N) is 1. The van der Waals surface area contributed by atoms with Gasteiger partial charge in [-0.2, -0.15) is 4.72 Å². The van der Waals surface area contributed by atoms with Gasteiger partial charge in [-0.1, -0.05) is 32.9 Å². The molecule has 2 amide bonds. The second-order valence-electron chi connectivity index (χ2n) is 9.05. The standard InChI is InChI=1S/C25H33N3O4S/c1-6-24(29)28-12-11-19-15-20(9-10-23(19)28)33(31,32)27-22(13-16(2)3)25(30)26-21-14-17(4)7-8-18(21)5/h7-10,14-16,22,27H,6,11-13H2,1-5H3,(H,26,30)/t22-/m1/s1. The van der Waals surface area contributed by atoms with Gasteiger partial charge in [-0.15, -0.1) is 0 Å². The molecule has 0 bridgehead atoms. The molecule has 2 N–H and O–H groups in total. The van der Waals surface area contributed by atoms with Gasteiger partial charge in [0.15, 0.2) is 0 Å². The minimum absolute atomic E-state index is 0.0163. The highest BCUT2D eigenvalue weighted by molar-refractivity contribution is 7.89. The summed E-state index contributed by atoms with van der Waals surface area (Å²) in [6, 6.07) is 9.62. The first kappa shape index (κ1) is 24.9. The van der Waals surface area contributed by atoms with Gasteiger partial charge in [0.2, 0.25) is 21.8 Å². The molecular formula is C25H33N3O4S. The fourth-order valence-electron chi connectivity index (χ4n) is 4.02. The van der Waals surface area contributed by atoms with Crippen LogP contribution in [0.1, 0.15) is 50.3 Å². The van der Waals surface area contributed by atoms with Gasteiger partial charge < -0.3 is 10.2 Å². The predicted molar refractivity (Wildman–Crippen MR) is 131 cm³/mol. The number of anilines is 2. The normalized spacial score (nSPS) is 14.3. The highest BCUT2D eigenvalue weighted by Crippen LogP contribution is 2.31. The van der Waals surface area contributed by atoms with Crippen molar-refractivity contribution in [3.8, 4) is 0 Å². The molecule has 0 radical (unpaired) electrons. The Morgan fingerprint density at radius 3 is 2.48 bits per heavy atom. The van der Waals surface area contributed by atoms with Crippen molar-refractivity contribution in [1.82, 2.24) is 4.72 Å². The predicted octanol–water partition coefficient (Wildman–Crippen LogP) is 3.93. The average molecular weight is 472 g/mol. The molecule has 1 aliphatic rings. The fourth-order valence-corrected chi connectivity index (χ4v) is 5.28. The number of carbonyl (C=O) groups excluding carboxylic acids is 2. The van der Waals surface area contributed by atoms with E-state index in [0.29, 0.717) is 31.5 Å². The van der Waals surface area contributed by atoms with Crippen molar-refractivity contribution in [2.75, 3.05) is 16.8 Å². The molecule has 178 valence electrons. The third kappa shape index (κ3) is 5.81. The lowest BCUT2D eigenvalue weighted by Gasteiger charge is -2.21. The minimum Gasteiger partial charge on any atom is -0.324 e. The van der Waals surface area contributed by atoms with E-state index in [1.54, 1.807) is 24.0 Å². The van der Waals surface area contributed by atoms with E-state index in [1.807, 2.05) is 45.9 Å². The van der Waals surface area contributed by atoms with E-state index in [0.717, 1.165) is 22.4 Å². The molecule has 7 nitrogen and oxygen atoms in total. The molecule has 0 aromatic heterocycles. The zero-order valence-corrected chi connectivity index (χ0v) is 20.8. The van der Waals surface area contributed by atoms with Crippen LogP contribution in [0.5, 0.6) is 0 Å². The number of amides is 2. The highest BCUT2D eigenvalue weighted by Gasteiger charge is 2.29. The van der Waals surface area contributed by atoms with Crippen LogP contribution in [-0.4, -0.2) is 32.8 Å². The Morgan fingerprint density at radius 1 is 1.09 bits per heavy atom. The van der Waals surface area contributed by atoms with Crippen LogP contribution in [0.2, 0.25) is 0 Å². The highest BCUT2D eigenvalue weighted by atomic mass is 32.2. The molecule has 0 aliphatic carbocycles. The molecule has 8 heteroatoms. The lowest BCUT2D eigenvalue weighted by atomic mass is 10.0. The molecule has 33 heavy (non-hydrogen) atoms. The topological polar surface area (TPSA) is 95.6 Å². The molecule has 2 aromatic carbocycles. The van der Waals surface area contributed by atoms with E-state index in [2.05, 4.69) is 10.0 Å². The lowest BCUT2D eigenvalue weighted by molar-refractivity contribution is -0.118. The van der Waals surface area contributed by atoms with E-state index in [1.165, 1.54) is 6.07 Å². The largest absolute Gasteiger partial charge is 0.324 e. The summed E-state index contributed by atoms with van der Waals surface area (Å²) in [5, 5.41) is 2.89. The van der Waals surface area contributed by atoms with Crippen LogP contribution in [0.4, 0.5) is 11.4 Å². The summed E-state index contributed by atoms with van der Waals surface area (Å²) in [6.45, 7) is 10.1. The Morgan fingerprint density at radius 2 is 1.82 bits per heavy atom. The van der Waals surface area contributed by atoms with Gasteiger partial charge in [0.1, 0.15) is 6.04 Å². The number of hydrogen-bond donors (Lipinski definition) is 2. The lowest BCUT2D eigenvalue weighted by Crippen LogP contribution is -2.44. The fraction of sp³-hybridized carbons (Fsp3) is 0.440. The number of carbonyl (C=O) groups is 2. The van der Waals surface area contributed by atoms with Crippen LogP contribution < -0.4 is 14.9 Å². The first-order valence-corrected chi connectivity index (χ1v) is 12.8. The number of fused-ring (bicyclic) bond motifs is 1. The molecule has 0 spiro atoms. The number of nitrogens with one attached hydrogen (secondary N) is 2. The first-order chi connectivity index (χ1) is 15.5. The van der Waals surface area contributed by atoms with E-state index in [-0.39, 0.29) is 22.6 Å². The maximum atomic E-state index is 13.2. The molecule has 0 fully saturated rings. The van der Waals surface area contributed by atoms with E-state index >= 15 is 0 Å². The third-order valence-corrected chi connectivity index (χ3v) is 7.30. The monoisotopic (exact) mass is 471 g/mol. The van der Waals surface area contributed by atoms with Crippen LogP contribution in [0.15, 0.2) is 41.3 Å². The van der Waals surface area contributed by atoms with Crippen LogP contribution in [0.3, 0.4) is 0 Å². The first-order valence-electron chi connectivity index (χ1n) is 11.4. The molecule has 0 saturated carbocycles. The SMILES string of the molecule is CCC(=O)N1CCc2cc(S(=O)(=O)N[C@H](CC(C)C)C(=O)Nc3cc(C)ccc3C)ccc21. The number of benzene rings is 2. The summed E-state index contributed by atoms with van der Waals surface area (Å²) in [7, 11) is -3.94. The number of aryl methyl sites for hydroxylation is 2. The second-order valence-corrected chi connectivity index (χ2v) is 10.8. The third-order valence-electron chi connectivity index (χ3n) is 5.83. The summed E-state index contributed by atoms with van der Waals surface area (Å²) in [5.41, 5.74) is 4.16. The van der Waals surface area contributed by atoms with Gasteiger partial charge >= 0.3 is 0 Å². The van der Waals surface area contributed by atoms with E-state index in [4.69, 9.17) is 0 Å². The van der Waals surface area contributed by atoms with Crippen LogP contribution in [-0.2, 0) is 26.0 Å². The van der Waals surface area contributed by atoms with Crippen LogP contribution in [0, 0.1) is 19.8 Å². The number of rotatable bonds is 8. The van der Waals surface area contributed by atoms with Crippen molar-refractivity contribution in [3.63, 3.8) is 0 Å². The Kier molecular flexibility index (Phi) is 7.59. The molecule has 0 saturated heterocycles. The van der Waals surface area contributed by atoms with Crippen molar-refractivity contribution >= 4 is 33.2 Å². The Labute approximate surface area is 196 Å². The molecule has 1 aliphatic heterocycles. The molecule has 3 rings (SSSR count). The number of hydrogen-bond acceptors (Lipinski definition) is 4. The van der Waals surface area contributed by atoms with E-state index < -0.39 is 16.1 Å². The van der Waals surface area contributed by atoms with Gasteiger partial charge in [-0.05, 0) is 73.6 Å². The van der Waals surface area contributed by atoms with E-state index in [9.17, 15) is 18.0 Å². The zero-order valence-electron chi connectivity index (χ0n) is 19.9. The Balaban J connectivity index is 1.83.